The van der Waals surface area contributed by atoms with Crippen molar-refractivity contribution in [1.29, 1.82) is 5.26 Å². The molecular formula is C26H21ClN5O3+. The van der Waals surface area contributed by atoms with Gasteiger partial charge in [-0.15, -0.1) is 0 Å². The molecule has 3 saturated heterocycles. The molecule has 0 aliphatic carbocycles. The van der Waals surface area contributed by atoms with E-state index in [1.165, 1.54) is 6.07 Å². The van der Waals surface area contributed by atoms with Crippen LogP contribution in [0.5, 0.6) is 0 Å². The van der Waals surface area contributed by atoms with Gasteiger partial charge in [0.2, 0.25) is 0 Å². The fourth-order valence-corrected chi connectivity index (χ4v) is 6.02. The second-order valence-electron chi connectivity index (χ2n) is 9.29. The third-order valence-electron chi connectivity index (χ3n) is 7.53. The van der Waals surface area contributed by atoms with E-state index in [0.29, 0.717) is 36.7 Å². The molecule has 4 atom stereocenters. The number of quaternary nitrogens is 1. The van der Waals surface area contributed by atoms with E-state index in [0.717, 1.165) is 15.7 Å². The Labute approximate surface area is 206 Å². The minimum Gasteiger partial charge on any atom is -0.320 e. The van der Waals surface area contributed by atoms with Gasteiger partial charge >= 0.3 is 6.03 Å². The Morgan fingerprint density at radius 3 is 2.69 bits per heavy atom. The number of urea groups is 1. The van der Waals surface area contributed by atoms with Gasteiger partial charge in [-0.3, -0.25) is 9.59 Å². The van der Waals surface area contributed by atoms with Gasteiger partial charge in [-0.2, -0.15) is 10.2 Å². The third kappa shape index (κ3) is 2.89. The summed E-state index contributed by atoms with van der Waals surface area (Å²) in [6.45, 7) is 2.81. The van der Waals surface area contributed by atoms with Gasteiger partial charge in [-0.1, -0.05) is 48.0 Å². The van der Waals surface area contributed by atoms with Crippen LogP contribution in [0.15, 0.2) is 54.6 Å². The van der Waals surface area contributed by atoms with Crippen LogP contribution in [0.1, 0.15) is 11.1 Å². The number of nitriles is 1. The van der Waals surface area contributed by atoms with Crippen molar-refractivity contribution in [3.05, 3.63) is 70.7 Å². The van der Waals surface area contributed by atoms with E-state index in [4.69, 9.17) is 11.6 Å². The Hall–Kier alpha value is -3.77. The van der Waals surface area contributed by atoms with Gasteiger partial charge in [0.05, 0.1) is 29.4 Å². The predicted molar refractivity (Wildman–Crippen MR) is 131 cm³/mol. The zero-order valence-electron chi connectivity index (χ0n) is 18.9. The lowest BCUT2D eigenvalue weighted by molar-refractivity contribution is -0.852. The molecule has 174 valence electrons. The molecule has 3 aliphatic rings. The first-order chi connectivity index (χ1) is 16.9. The molecule has 35 heavy (non-hydrogen) atoms. The average molecular weight is 487 g/mol. The molecule has 2 bridgehead atoms. The summed E-state index contributed by atoms with van der Waals surface area (Å²) in [6, 6.07) is 16.7. The van der Waals surface area contributed by atoms with Crippen molar-refractivity contribution in [1.82, 2.24) is 4.90 Å². The minimum absolute atomic E-state index is 0.214. The molecule has 3 fully saturated rings. The summed E-state index contributed by atoms with van der Waals surface area (Å²) in [5.41, 5.74) is 1.79. The monoisotopic (exact) mass is 486 g/mol. The van der Waals surface area contributed by atoms with Gasteiger partial charge in [0.1, 0.15) is 12.7 Å². The lowest BCUT2D eigenvalue weighted by atomic mass is 10.1. The lowest BCUT2D eigenvalue weighted by Gasteiger charge is -2.32. The first-order valence-corrected chi connectivity index (χ1v) is 11.7. The molecule has 3 aliphatic heterocycles. The Balaban J connectivity index is 1.37. The first-order valence-electron chi connectivity index (χ1n) is 11.3. The summed E-state index contributed by atoms with van der Waals surface area (Å²) in [5.74, 6) is -0.629. The standard InChI is InChI=1S/C26H20ClN5O3/c1-15-20(10-9-17(11-28)23(15)27)31-25(34)22-13-30-12-21(32(22,14-30)26(31)35)24(33)29-19-8-4-6-16-5-2-3-7-18(16)19/h2-10,21-22H,12-14H2,1H3/p+1. The van der Waals surface area contributed by atoms with Gasteiger partial charge in [0.25, 0.3) is 11.8 Å². The average Bonchev–Trinajstić information content (AvgIpc) is 3.50. The Bertz CT molecular complexity index is 1490. The SMILES string of the molecule is Cc1c(N2C(=O)C3CN4CC(C(=O)Nc5cccc6ccccc56)[N+]3(C4)C2=O)ccc(C#N)c1Cl. The molecule has 0 aromatic heterocycles. The van der Waals surface area contributed by atoms with Crippen LogP contribution in [0.3, 0.4) is 0 Å². The number of halogens is 1. The Kier molecular flexibility index (Phi) is 4.73. The molecule has 4 unspecified atom stereocenters. The van der Waals surface area contributed by atoms with Gasteiger partial charge in [0, 0.05) is 11.1 Å². The van der Waals surface area contributed by atoms with Gasteiger partial charge in [-0.25, -0.2) is 14.2 Å². The highest BCUT2D eigenvalue weighted by Crippen LogP contribution is 2.45. The number of fused-ring (bicyclic) bond motifs is 2. The van der Waals surface area contributed by atoms with Gasteiger partial charge < -0.3 is 5.32 Å². The number of carbonyl (C=O) groups is 3. The molecule has 3 aromatic carbocycles. The number of piperazine rings is 1. The van der Waals surface area contributed by atoms with E-state index in [2.05, 4.69) is 5.32 Å². The van der Waals surface area contributed by atoms with Gasteiger partial charge in [-0.05, 0) is 36.1 Å². The van der Waals surface area contributed by atoms with Crippen LogP contribution < -0.4 is 10.2 Å². The maximum atomic E-state index is 13.9. The number of imide groups is 1. The van der Waals surface area contributed by atoms with Crippen LogP contribution in [-0.4, -0.2) is 59.1 Å². The molecular weight excluding hydrogens is 466 g/mol. The van der Waals surface area contributed by atoms with E-state index in [1.807, 2.05) is 53.4 Å². The summed E-state index contributed by atoms with van der Waals surface area (Å²) in [7, 11) is 0. The number of amides is 4. The Morgan fingerprint density at radius 2 is 1.89 bits per heavy atom. The third-order valence-corrected chi connectivity index (χ3v) is 8.02. The van der Waals surface area contributed by atoms with Crippen LogP contribution in [0.2, 0.25) is 5.02 Å². The van der Waals surface area contributed by atoms with E-state index in [9.17, 15) is 19.6 Å². The van der Waals surface area contributed by atoms with E-state index < -0.39 is 18.1 Å². The molecule has 0 radical (unpaired) electrons. The minimum atomic E-state index is -0.719. The van der Waals surface area contributed by atoms with Crippen molar-refractivity contribution in [2.24, 2.45) is 0 Å². The molecule has 1 N–H and O–H groups in total. The van der Waals surface area contributed by atoms with Gasteiger partial charge in [0.15, 0.2) is 12.1 Å². The highest BCUT2D eigenvalue weighted by molar-refractivity contribution is 6.33. The number of nitrogens with zero attached hydrogens (tertiary/aromatic N) is 4. The highest BCUT2D eigenvalue weighted by atomic mass is 35.5. The second-order valence-corrected chi connectivity index (χ2v) is 9.67. The number of hydrogen-bond acceptors (Lipinski definition) is 5. The van der Waals surface area contributed by atoms with Crippen LogP contribution in [-0.2, 0) is 9.59 Å². The number of carbonyl (C=O) groups excluding carboxylic acids is 3. The zero-order chi connectivity index (χ0) is 24.5. The predicted octanol–water partition coefficient (Wildman–Crippen LogP) is 3.62. The van der Waals surface area contributed by atoms with Crippen molar-refractivity contribution in [2.45, 2.75) is 19.0 Å². The van der Waals surface area contributed by atoms with Crippen molar-refractivity contribution < 1.29 is 18.9 Å². The summed E-state index contributed by atoms with van der Waals surface area (Å²) in [4.78, 5) is 44.2. The fourth-order valence-electron chi connectivity index (χ4n) is 5.82. The smallest absolute Gasteiger partial charge is 0.320 e. The van der Waals surface area contributed by atoms with Crippen LogP contribution >= 0.6 is 11.6 Å². The second kappa shape index (κ2) is 7.62. The summed E-state index contributed by atoms with van der Waals surface area (Å²) >= 11 is 6.34. The van der Waals surface area contributed by atoms with Crippen molar-refractivity contribution in [3.63, 3.8) is 0 Å². The normalized spacial score (nSPS) is 26.8. The van der Waals surface area contributed by atoms with Crippen LogP contribution in [0, 0.1) is 18.3 Å². The molecule has 9 heteroatoms. The molecule has 8 nitrogen and oxygen atoms in total. The van der Waals surface area contributed by atoms with E-state index in [1.54, 1.807) is 13.0 Å². The fraction of sp³-hybridized carbons (Fsp3) is 0.231. The summed E-state index contributed by atoms with van der Waals surface area (Å²) in [5, 5.41) is 14.4. The molecule has 3 heterocycles. The molecule has 3 aromatic rings. The van der Waals surface area contributed by atoms with E-state index >= 15 is 0 Å². The zero-order valence-corrected chi connectivity index (χ0v) is 19.6. The van der Waals surface area contributed by atoms with E-state index in [-0.39, 0.29) is 26.9 Å². The number of benzene rings is 3. The maximum absolute atomic E-state index is 13.9. The highest BCUT2D eigenvalue weighted by Gasteiger charge is 2.73. The van der Waals surface area contributed by atoms with Crippen molar-refractivity contribution >= 4 is 51.6 Å². The molecule has 6 rings (SSSR count). The molecule has 4 amide bonds. The summed E-state index contributed by atoms with van der Waals surface area (Å²) in [6.07, 6.45) is 0. The van der Waals surface area contributed by atoms with Crippen LogP contribution in [0.25, 0.3) is 10.8 Å². The number of hydrogen-bond donors (Lipinski definition) is 1. The molecule has 1 spiro atoms. The first kappa shape index (κ1) is 21.7. The summed E-state index contributed by atoms with van der Waals surface area (Å²) < 4.78 is -0.244. The quantitative estimate of drug-likeness (QED) is 0.451. The number of anilines is 2. The molecule has 0 saturated carbocycles. The Morgan fingerprint density at radius 1 is 1.11 bits per heavy atom. The number of rotatable bonds is 3. The van der Waals surface area contributed by atoms with Crippen molar-refractivity contribution in [3.8, 4) is 6.07 Å². The largest absolute Gasteiger partial charge is 0.433 e. The lowest BCUT2D eigenvalue weighted by Crippen LogP contribution is -2.63. The number of nitrogens with one attached hydrogen (secondary N) is 1. The maximum Gasteiger partial charge on any atom is 0.433 e. The topological polar surface area (TPSA) is 93.5 Å². The van der Waals surface area contributed by atoms with Crippen molar-refractivity contribution in [2.75, 3.05) is 30.0 Å². The van der Waals surface area contributed by atoms with Crippen LogP contribution in [0.4, 0.5) is 16.2 Å².